The van der Waals surface area contributed by atoms with E-state index in [1.165, 1.54) is 43.2 Å². The van der Waals surface area contributed by atoms with Crippen LogP contribution in [0.2, 0.25) is 0 Å². The van der Waals surface area contributed by atoms with Crippen LogP contribution in [-0.4, -0.2) is 0 Å². The molecule has 0 atom stereocenters. The smallest absolute Gasteiger partial charge is 0.166 e. The van der Waals surface area contributed by atoms with Gasteiger partial charge in [0.15, 0.2) is 11.6 Å². The second-order valence-corrected chi connectivity index (χ2v) is 9.41. The van der Waals surface area contributed by atoms with Gasteiger partial charge >= 0.3 is 0 Å². The first-order chi connectivity index (χ1) is 15.6. The van der Waals surface area contributed by atoms with Crippen molar-refractivity contribution in [2.45, 2.75) is 70.6 Å². The highest BCUT2D eigenvalue weighted by atomic mass is 19.2. The van der Waals surface area contributed by atoms with Crippen LogP contribution < -0.4 is 0 Å². The molecule has 1 fully saturated rings. The first-order valence-electron chi connectivity index (χ1n) is 12.2. The van der Waals surface area contributed by atoms with Crippen LogP contribution in [0.5, 0.6) is 0 Å². The van der Waals surface area contributed by atoms with Crippen LogP contribution in [0.3, 0.4) is 0 Å². The van der Waals surface area contributed by atoms with E-state index in [0.717, 1.165) is 29.7 Å². The number of hydrogen-bond acceptors (Lipinski definition) is 0. The van der Waals surface area contributed by atoms with Gasteiger partial charge in [-0.15, -0.1) is 6.58 Å². The third-order valence-corrected chi connectivity index (χ3v) is 7.35. The van der Waals surface area contributed by atoms with Crippen LogP contribution in [0, 0.1) is 17.6 Å². The van der Waals surface area contributed by atoms with Gasteiger partial charge < -0.3 is 0 Å². The van der Waals surface area contributed by atoms with Crippen molar-refractivity contribution in [3.63, 3.8) is 0 Å². The minimum atomic E-state index is -0.731. The van der Waals surface area contributed by atoms with E-state index in [9.17, 15) is 8.78 Å². The Bertz CT molecular complexity index is 1060. The van der Waals surface area contributed by atoms with Gasteiger partial charge in [-0.25, -0.2) is 8.78 Å². The van der Waals surface area contributed by atoms with Crippen molar-refractivity contribution in [1.82, 2.24) is 0 Å². The highest BCUT2D eigenvalue weighted by molar-refractivity contribution is 5.84. The molecular formula is C30H34F2. The Hall–Kier alpha value is -2.48. The molecule has 1 saturated carbocycles. The predicted octanol–water partition coefficient (Wildman–Crippen LogP) is 8.71. The monoisotopic (exact) mass is 432 g/mol. The number of fused-ring (bicyclic) bond motifs is 1. The van der Waals surface area contributed by atoms with Gasteiger partial charge in [0.05, 0.1) is 0 Å². The summed E-state index contributed by atoms with van der Waals surface area (Å²) in [7, 11) is 0. The normalized spacial score (nSPS) is 18.7. The molecule has 2 heteroatoms. The van der Waals surface area contributed by atoms with E-state index in [1.54, 1.807) is 12.1 Å². The molecule has 0 amide bonds. The van der Waals surface area contributed by atoms with E-state index in [2.05, 4.69) is 37.8 Å². The fraction of sp³-hybridized carbons (Fsp3) is 0.400. The highest BCUT2D eigenvalue weighted by Crippen LogP contribution is 2.37. The molecule has 0 nitrogen and oxygen atoms in total. The zero-order valence-corrected chi connectivity index (χ0v) is 19.2. The van der Waals surface area contributed by atoms with Gasteiger partial charge in [-0.1, -0.05) is 55.8 Å². The standard InChI is InChI=1S/C30H34F2/c1-3-5-6-27-20-26-18-13-23(19-28(26)30(32)29(27)31)8-7-22-11-16-25(17-12-22)24-14-9-21(4-2)10-15-24/h3,11-13,16-21,24H,1,4-10,14-15H2,2H3. The average Bonchev–Trinajstić information content (AvgIpc) is 2.84. The molecule has 4 rings (SSSR count). The largest absolute Gasteiger partial charge is 0.203 e. The average molecular weight is 433 g/mol. The van der Waals surface area contributed by atoms with E-state index in [1.807, 2.05) is 18.2 Å². The second kappa shape index (κ2) is 10.4. The van der Waals surface area contributed by atoms with Gasteiger partial charge in [-0.2, -0.15) is 0 Å². The van der Waals surface area contributed by atoms with Crippen molar-refractivity contribution in [1.29, 1.82) is 0 Å². The summed E-state index contributed by atoms with van der Waals surface area (Å²) in [5, 5.41) is 1.13. The van der Waals surface area contributed by atoms with E-state index in [-0.39, 0.29) is 0 Å². The molecular weight excluding hydrogens is 398 g/mol. The van der Waals surface area contributed by atoms with Gasteiger partial charge in [0.2, 0.25) is 0 Å². The highest BCUT2D eigenvalue weighted by Gasteiger charge is 2.21. The molecule has 3 aromatic carbocycles. The first-order valence-corrected chi connectivity index (χ1v) is 12.2. The van der Waals surface area contributed by atoms with Crippen LogP contribution in [0.1, 0.15) is 73.6 Å². The third-order valence-electron chi connectivity index (χ3n) is 7.35. The number of benzene rings is 3. The summed E-state index contributed by atoms with van der Waals surface area (Å²) >= 11 is 0. The van der Waals surface area contributed by atoms with Crippen LogP contribution >= 0.6 is 0 Å². The Morgan fingerprint density at radius 3 is 2.22 bits per heavy atom. The van der Waals surface area contributed by atoms with Crippen molar-refractivity contribution < 1.29 is 8.78 Å². The molecule has 0 N–H and O–H groups in total. The third kappa shape index (κ3) is 5.11. The summed E-state index contributed by atoms with van der Waals surface area (Å²) in [5.41, 5.74) is 4.23. The van der Waals surface area contributed by atoms with Crippen molar-refractivity contribution in [3.8, 4) is 0 Å². The summed E-state index contributed by atoms with van der Waals surface area (Å²) in [4.78, 5) is 0. The Morgan fingerprint density at radius 2 is 1.53 bits per heavy atom. The van der Waals surface area contributed by atoms with E-state index in [0.29, 0.717) is 29.7 Å². The van der Waals surface area contributed by atoms with Crippen molar-refractivity contribution in [2.24, 2.45) is 5.92 Å². The number of allylic oxidation sites excluding steroid dienone is 1. The lowest BCUT2D eigenvalue weighted by molar-refractivity contribution is 0.319. The lowest BCUT2D eigenvalue weighted by Crippen LogP contribution is -2.12. The molecule has 0 radical (unpaired) electrons. The SMILES string of the molecule is C=CCCc1cc2ccc(CCc3ccc(C4CCC(CC)CC4)cc3)cc2c(F)c1F. The summed E-state index contributed by atoms with van der Waals surface area (Å²) in [6.45, 7) is 5.97. The summed E-state index contributed by atoms with van der Waals surface area (Å²) in [6, 6.07) is 16.6. The lowest BCUT2D eigenvalue weighted by atomic mass is 9.78. The lowest BCUT2D eigenvalue weighted by Gasteiger charge is -2.28. The molecule has 0 aromatic heterocycles. The van der Waals surface area contributed by atoms with Gasteiger partial charge in [-0.3, -0.25) is 0 Å². The fourth-order valence-electron chi connectivity index (χ4n) is 5.17. The van der Waals surface area contributed by atoms with Crippen LogP contribution in [0.4, 0.5) is 8.78 Å². The molecule has 0 saturated heterocycles. The van der Waals surface area contributed by atoms with E-state index < -0.39 is 11.6 Å². The minimum Gasteiger partial charge on any atom is -0.203 e. The maximum Gasteiger partial charge on any atom is 0.166 e. The molecule has 3 aromatic rings. The minimum absolute atomic E-state index is 0.375. The summed E-state index contributed by atoms with van der Waals surface area (Å²) in [5.74, 6) is 0.178. The van der Waals surface area contributed by atoms with Gasteiger partial charge in [0, 0.05) is 5.39 Å². The molecule has 1 aliphatic rings. The fourth-order valence-corrected chi connectivity index (χ4v) is 5.17. The second-order valence-electron chi connectivity index (χ2n) is 9.41. The topological polar surface area (TPSA) is 0 Å². The Kier molecular flexibility index (Phi) is 7.40. The van der Waals surface area contributed by atoms with E-state index >= 15 is 0 Å². The first kappa shape index (κ1) is 22.7. The molecule has 32 heavy (non-hydrogen) atoms. The van der Waals surface area contributed by atoms with Crippen LogP contribution in [0.25, 0.3) is 10.8 Å². The Morgan fingerprint density at radius 1 is 0.844 bits per heavy atom. The summed E-state index contributed by atoms with van der Waals surface area (Å²) < 4.78 is 29.2. The maximum atomic E-state index is 14.7. The quantitative estimate of drug-likeness (QED) is 0.312. The van der Waals surface area contributed by atoms with E-state index in [4.69, 9.17) is 0 Å². The zero-order chi connectivity index (χ0) is 22.5. The predicted molar refractivity (Wildman–Crippen MR) is 131 cm³/mol. The van der Waals surface area contributed by atoms with Crippen molar-refractivity contribution in [2.75, 3.05) is 0 Å². The molecule has 0 spiro atoms. The Balaban J connectivity index is 1.41. The number of halogens is 2. The maximum absolute atomic E-state index is 14.7. The molecule has 0 unspecified atom stereocenters. The van der Waals surface area contributed by atoms with Crippen LogP contribution in [-0.2, 0) is 19.3 Å². The van der Waals surface area contributed by atoms with Crippen molar-refractivity contribution >= 4 is 10.8 Å². The molecule has 1 aliphatic carbocycles. The molecule has 168 valence electrons. The molecule has 0 aliphatic heterocycles. The van der Waals surface area contributed by atoms with Crippen molar-refractivity contribution in [3.05, 3.63) is 95.1 Å². The molecule has 0 bridgehead atoms. The van der Waals surface area contributed by atoms with Gasteiger partial charge in [0.25, 0.3) is 0 Å². The van der Waals surface area contributed by atoms with Crippen LogP contribution in [0.15, 0.2) is 61.2 Å². The number of rotatable bonds is 8. The zero-order valence-electron chi connectivity index (χ0n) is 19.2. The summed E-state index contributed by atoms with van der Waals surface area (Å²) in [6.07, 6.45) is 11.2. The Labute approximate surface area is 191 Å². The van der Waals surface area contributed by atoms with Gasteiger partial charge in [0.1, 0.15) is 0 Å². The molecule has 0 heterocycles. The van der Waals surface area contributed by atoms with Gasteiger partial charge in [-0.05, 0) is 103 Å². The number of hydrogen-bond donors (Lipinski definition) is 0. The number of aryl methyl sites for hydroxylation is 3.